The summed E-state index contributed by atoms with van der Waals surface area (Å²) < 4.78 is 1.98. The number of Topliss-reactive ketones (excluding diaryl/α,β-unsaturated/α-hetero) is 2. The Morgan fingerprint density at radius 1 is 1.14 bits per heavy atom. The molecule has 0 saturated carbocycles. The molecule has 0 aliphatic rings. The average Bonchev–Trinajstić information content (AvgIpc) is 2.44. The normalized spacial score (nSPS) is 12.1. The maximum Gasteiger partial charge on any atom is 0.244 e. The maximum atomic E-state index is 11.9. The second-order valence-electron chi connectivity index (χ2n) is 6.01. The standard InChI is InChI=1S/C16H24N2O2Si/c1-6-15(19)16(20)13(2)17-18(21(3,4)5)12-14-10-8-7-9-11-14/h7-11H,6,12H2,1-5H3. The summed E-state index contributed by atoms with van der Waals surface area (Å²) in [5.41, 5.74) is 1.42. The summed E-state index contributed by atoms with van der Waals surface area (Å²) in [4.78, 5) is 23.4. The quantitative estimate of drug-likeness (QED) is 0.336. The third-order valence-electron chi connectivity index (χ3n) is 3.12. The van der Waals surface area contributed by atoms with Crippen molar-refractivity contribution < 1.29 is 9.59 Å². The number of carbonyl (C=O) groups is 2. The number of carbonyl (C=O) groups excluding carboxylic acids is 2. The predicted octanol–water partition coefficient (Wildman–Crippen LogP) is 3.25. The van der Waals surface area contributed by atoms with Gasteiger partial charge in [0.05, 0.1) is 6.54 Å². The Morgan fingerprint density at radius 2 is 1.71 bits per heavy atom. The van der Waals surface area contributed by atoms with Gasteiger partial charge in [0, 0.05) is 6.42 Å². The minimum Gasteiger partial charge on any atom is -0.320 e. The third-order valence-corrected chi connectivity index (χ3v) is 4.93. The molecule has 1 aromatic rings. The molecule has 0 radical (unpaired) electrons. The van der Waals surface area contributed by atoms with Crippen LogP contribution >= 0.6 is 0 Å². The van der Waals surface area contributed by atoms with Crippen LogP contribution in [-0.4, -0.2) is 30.2 Å². The second-order valence-corrected chi connectivity index (χ2v) is 10.9. The minimum absolute atomic E-state index is 0.220. The van der Waals surface area contributed by atoms with E-state index in [1.807, 2.05) is 35.0 Å². The number of hydrazone groups is 1. The van der Waals surface area contributed by atoms with Crippen LogP contribution in [0.2, 0.25) is 19.6 Å². The Bertz CT molecular complexity index is 533. The van der Waals surface area contributed by atoms with E-state index >= 15 is 0 Å². The first-order valence-electron chi connectivity index (χ1n) is 7.20. The van der Waals surface area contributed by atoms with Crippen molar-refractivity contribution in [3.8, 4) is 0 Å². The molecule has 114 valence electrons. The van der Waals surface area contributed by atoms with E-state index in [2.05, 4.69) is 24.7 Å². The molecule has 0 aromatic heterocycles. The lowest BCUT2D eigenvalue weighted by atomic mass is 10.1. The van der Waals surface area contributed by atoms with Gasteiger partial charge in [0.2, 0.25) is 11.6 Å². The highest BCUT2D eigenvalue weighted by atomic mass is 28.3. The van der Waals surface area contributed by atoms with E-state index in [0.29, 0.717) is 6.54 Å². The van der Waals surface area contributed by atoms with E-state index in [1.165, 1.54) is 0 Å². The molecule has 0 aliphatic heterocycles. The van der Waals surface area contributed by atoms with Crippen molar-refractivity contribution in [3.05, 3.63) is 35.9 Å². The maximum absolute atomic E-state index is 11.9. The first kappa shape index (κ1) is 17.3. The lowest BCUT2D eigenvalue weighted by Crippen LogP contribution is -2.43. The highest BCUT2D eigenvalue weighted by Gasteiger charge is 2.25. The number of rotatable bonds is 7. The van der Waals surface area contributed by atoms with Crippen LogP contribution in [0.15, 0.2) is 35.4 Å². The van der Waals surface area contributed by atoms with Crippen LogP contribution in [0.5, 0.6) is 0 Å². The van der Waals surface area contributed by atoms with Gasteiger partial charge in [0.25, 0.3) is 0 Å². The lowest BCUT2D eigenvalue weighted by Gasteiger charge is -2.32. The second kappa shape index (κ2) is 7.31. The molecule has 0 heterocycles. The van der Waals surface area contributed by atoms with Crippen LogP contribution in [0, 0.1) is 0 Å². The predicted molar refractivity (Wildman–Crippen MR) is 88.7 cm³/mol. The molecule has 0 saturated heterocycles. The molecule has 1 aromatic carbocycles. The van der Waals surface area contributed by atoms with Crippen molar-refractivity contribution in [2.24, 2.45) is 5.10 Å². The Kier molecular flexibility index (Phi) is 6.02. The summed E-state index contributed by atoms with van der Waals surface area (Å²) in [7, 11) is -1.74. The Balaban J connectivity index is 2.99. The van der Waals surface area contributed by atoms with Crippen molar-refractivity contribution in [2.45, 2.75) is 46.5 Å². The van der Waals surface area contributed by atoms with Gasteiger partial charge in [-0.1, -0.05) is 56.9 Å². The van der Waals surface area contributed by atoms with Gasteiger partial charge in [-0.25, -0.2) is 0 Å². The van der Waals surface area contributed by atoms with Crippen molar-refractivity contribution in [1.82, 2.24) is 4.67 Å². The summed E-state index contributed by atoms with van der Waals surface area (Å²) in [5.74, 6) is -0.861. The van der Waals surface area contributed by atoms with Crippen LogP contribution in [-0.2, 0) is 16.1 Å². The van der Waals surface area contributed by atoms with Gasteiger partial charge in [-0.2, -0.15) is 5.10 Å². The van der Waals surface area contributed by atoms with Crippen LogP contribution in [0.3, 0.4) is 0 Å². The van der Waals surface area contributed by atoms with Gasteiger partial charge in [-0.05, 0) is 12.5 Å². The highest BCUT2D eigenvalue weighted by molar-refractivity contribution is 6.73. The summed E-state index contributed by atoms with van der Waals surface area (Å²) in [6, 6.07) is 10.0. The van der Waals surface area contributed by atoms with Gasteiger partial charge in [0.1, 0.15) is 5.71 Å². The minimum atomic E-state index is -1.74. The summed E-state index contributed by atoms with van der Waals surface area (Å²) in [6.07, 6.45) is 0.220. The molecule has 0 amide bonds. The summed E-state index contributed by atoms with van der Waals surface area (Å²) in [6.45, 7) is 10.5. The van der Waals surface area contributed by atoms with Gasteiger partial charge in [-0.3, -0.25) is 9.59 Å². The average molecular weight is 304 g/mol. The largest absolute Gasteiger partial charge is 0.320 e. The molecule has 4 nitrogen and oxygen atoms in total. The van der Waals surface area contributed by atoms with Gasteiger partial charge in [0.15, 0.2) is 8.24 Å². The van der Waals surface area contributed by atoms with Crippen molar-refractivity contribution in [2.75, 3.05) is 0 Å². The topological polar surface area (TPSA) is 49.7 Å². The molecule has 0 unspecified atom stereocenters. The molecule has 1 rings (SSSR count). The van der Waals surface area contributed by atoms with Crippen LogP contribution in [0.25, 0.3) is 0 Å². The smallest absolute Gasteiger partial charge is 0.244 e. The van der Waals surface area contributed by atoms with E-state index in [9.17, 15) is 9.59 Å². The first-order valence-corrected chi connectivity index (χ1v) is 10.6. The monoisotopic (exact) mass is 304 g/mol. The van der Waals surface area contributed by atoms with E-state index in [4.69, 9.17) is 0 Å². The van der Waals surface area contributed by atoms with Crippen LogP contribution < -0.4 is 0 Å². The Morgan fingerprint density at radius 3 is 2.19 bits per heavy atom. The van der Waals surface area contributed by atoms with Crippen molar-refractivity contribution in [3.63, 3.8) is 0 Å². The Hall–Kier alpha value is -1.75. The number of hydrogen-bond acceptors (Lipinski definition) is 4. The van der Waals surface area contributed by atoms with Crippen LogP contribution in [0.1, 0.15) is 25.8 Å². The van der Waals surface area contributed by atoms with Gasteiger partial charge >= 0.3 is 0 Å². The fourth-order valence-corrected chi connectivity index (χ4v) is 2.87. The summed E-state index contributed by atoms with van der Waals surface area (Å²) in [5, 5.41) is 4.45. The summed E-state index contributed by atoms with van der Waals surface area (Å²) >= 11 is 0. The van der Waals surface area contributed by atoms with Gasteiger partial charge in [-0.15, -0.1) is 0 Å². The zero-order chi connectivity index (χ0) is 16.0. The van der Waals surface area contributed by atoms with Gasteiger partial charge < -0.3 is 4.67 Å². The molecular weight excluding hydrogens is 280 g/mol. The number of benzene rings is 1. The Labute approximate surface area is 127 Å². The molecule has 0 aliphatic carbocycles. The fourth-order valence-electron chi connectivity index (χ4n) is 1.77. The van der Waals surface area contributed by atoms with Crippen molar-refractivity contribution >= 4 is 25.5 Å². The van der Waals surface area contributed by atoms with Crippen LogP contribution in [0.4, 0.5) is 0 Å². The zero-order valence-corrected chi connectivity index (χ0v) is 14.5. The van der Waals surface area contributed by atoms with E-state index in [-0.39, 0.29) is 17.9 Å². The zero-order valence-electron chi connectivity index (χ0n) is 13.5. The van der Waals surface area contributed by atoms with E-state index in [1.54, 1.807) is 13.8 Å². The third kappa shape index (κ3) is 5.26. The molecule has 21 heavy (non-hydrogen) atoms. The fraction of sp³-hybridized carbons (Fsp3) is 0.438. The number of nitrogens with zero attached hydrogens (tertiary/aromatic N) is 2. The van der Waals surface area contributed by atoms with Crippen molar-refractivity contribution in [1.29, 1.82) is 0 Å². The molecule has 0 N–H and O–H groups in total. The molecule has 0 fully saturated rings. The number of hydrogen-bond donors (Lipinski definition) is 0. The highest BCUT2D eigenvalue weighted by Crippen LogP contribution is 2.15. The first-order chi connectivity index (χ1) is 9.75. The van der Waals surface area contributed by atoms with E-state index < -0.39 is 14.0 Å². The SMILES string of the molecule is CCC(=O)C(=O)C(C)=NN(Cc1ccccc1)[Si](C)(C)C. The molecule has 0 atom stereocenters. The number of ketones is 2. The molecule has 0 bridgehead atoms. The molecular formula is C16H24N2O2Si. The van der Waals surface area contributed by atoms with E-state index in [0.717, 1.165) is 5.56 Å². The lowest BCUT2D eigenvalue weighted by molar-refractivity contribution is -0.132. The molecule has 5 heteroatoms. The molecule has 0 spiro atoms.